The van der Waals surface area contributed by atoms with Gasteiger partial charge in [0.05, 0.1) is 0 Å². The maximum atomic E-state index is 9.16. The van der Waals surface area contributed by atoms with Crippen molar-refractivity contribution >= 4 is 11.8 Å². The van der Waals surface area contributed by atoms with E-state index in [0.717, 1.165) is 41.4 Å². The Bertz CT molecular complexity index is 637. The van der Waals surface area contributed by atoms with E-state index in [-0.39, 0.29) is 0 Å². The zero-order valence-corrected chi connectivity index (χ0v) is 21.3. The summed E-state index contributed by atoms with van der Waals surface area (Å²) >= 11 is 1.57. The molecule has 170 valence electrons. The van der Waals surface area contributed by atoms with E-state index in [1.54, 1.807) is 11.8 Å². The van der Waals surface area contributed by atoms with Crippen LogP contribution < -0.4 is 0 Å². The van der Waals surface area contributed by atoms with Gasteiger partial charge in [0.2, 0.25) is 0 Å². The van der Waals surface area contributed by atoms with Crippen molar-refractivity contribution in [2.75, 3.05) is 0 Å². The summed E-state index contributed by atoms with van der Waals surface area (Å²) < 4.78 is 0. The Morgan fingerprint density at radius 2 is 1.63 bits per heavy atom. The van der Waals surface area contributed by atoms with Crippen molar-refractivity contribution in [2.24, 2.45) is 52.3 Å². The van der Waals surface area contributed by atoms with Crippen molar-refractivity contribution in [3.63, 3.8) is 0 Å². The minimum Gasteiger partial charge on any atom is -0.185 e. The fourth-order valence-electron chi connectivity index (χ4n) is 9.42. The summed E-state index contributed by atoms with van der Waals surface area (Å²) in [4.78, 5) is 0. The highest BCUT2D eigenvalue weighted by atomic mass is 32.2. The maximum Gasteiger partial charge on any atom is 0.133 e. The molecule has 2 unspecified atom stereocenters. The Hall–Kier alpha value is -0.160. The molecule has 4 saturated carbocycles. The molecule has 4 aliphatic carbocycles. The Balaban J connectivity index is 1.44. The lowest BCUT2D eigenvalue weighted by Gasteiger charge is -2.61. The molecule has 2 heteroatoms. The van der Waals surface area contributed by atoms with Gasteiger partial charge in [0.15, 0.2) is 0 Å². The Labute approximate surface area is 191 Å². The molecule has 9 atom stereocenters. The van der Waals surface area contributed by atoms with Crippen molar-refractivity contribution in [3.05, 3.63) is 0 Å². The molecule has 4 fully saturated rings. The molecule has 0 bridgehead atoms. The quantitative estimate of drug-likeness (QED) is 0.394. The third-order valence-corrected chi connectivity index (χ3v) is 11.9. The molecule has 0 aromatic carbocycles. The minimum atomic E-state index is 0.567. The maximum absolute atomic E-state index is 9.16. The summed E-state index contributed by atoms with van der Waals surface area (Å²) in [6.07, 6.45) is 17.2. The van der Waals surface area contributed by atoms with E-state index in [9.17, 15) is 0 Å². The van der Waals surface area contributed by atoms with E-state index in [1.807, 2.05) is 0 Å². The highest BCUT2D eigenvalue weighted by Crippen LogP contribution is 2.68. The predicted molar refractivity (Wildman–Crippen MR) is 130 cm³/mol. The number of nitriles is 1. The molecule has 0 aromatic heterocycles. The molecule has 30 heavy (non-hydrogen) atoms. The molecule has 0 aliphatic heterocycles. The van der Waals surface area contributed by atoms with E-state index in [0.29, 0.717) is 16.1 Å². The summed E-state index contributed by atoms with van der Waals surface area (Å²) in [5.41, 5.74) is 1.19. The van der Waals surface area contributed by atoms with Gasteiger partial charge >= 0.3 is 0 Å². The van der Waals surface area contributed by atoms with E-state index < -0.39 is 0 Å². The van der Waals surface area contributed by atoms with Gasteiger partial charge in [0.25, 0.3) is 0 Å². The zero-order chi connectivity index (χ0) is 21.5. The standard InChI is InChI=1S/C28H47NS/c1-19(2)7-6-8-20(3)24-11-12-25-23-10-9-21-17-22(30-18-29)13-15-27(21,4)26(23)14-16-28(24,25)5/h19-26H,6-17H2,1-5H3/t20-,21?,22?,23+,24-,25+,26+,27+,28-/m1/s1. The van der Waals surface area contributed by atoms with E-state index in [2.05, 4.69) is 40.0 Å². The van der Waals surface area contributed by atoms with Crippen molar-refractivity contribution < 1.29 is 0 Å². The van der Waals surface area contributed by atoms with Crippen LogP contribution in [0.4, 0.5) is 0 Å². The van der Waals surface area contributed by atoms with E-state index >= 15 is 0 Å². The summed E-state index contributed by atoms with van der Waals surface area (Å²) in [5, 5.41) is 12.2. The van der Waals surface area contributed by atoms with E-state index in [4.69, 9.17) is 5.26 Å². The molecular formula is C28H47NS. The molecule has 0 saturated heterocycles. The fourth-order valence-corrected chi connectivity index (χ4v) is 10.1. The van der Waals surface area contributed by atoms with Gasteiger partial charge in [0, 0.05) is 5.25 Å². The lowest BCUT2D eigenvalue weighted by Crippen LogP contribution is -2.54. The number of hydrogen-bond donors (Lipinski definition) is 0. The Kier molecular flexibility index (Phi) is 6.90. The zero-order valence-electron chi connectivity index (χ0n) is 20.5. The molecule has 1 nitrogen and oxygen atoms in total. The first-order valence-corrected chi connectivity index (χ1v) is 14.2. The lowest BCUT2D eigenvalue weighted by atomic mass is 9.44. The van der Waals surface area contributed by atoms with Crippen molar-refractivity contribution in [2.45, 2.75) is 117 Å². The Morgan fingerprint density at radius 3 is 2.37 bits per heavy atom. The highest BCUT2D eigenvalue weighted by molar-refractivity contribution is 8.04. The molecule has 0 radical (unpaired) electrons. The molecule has 0 N–H and O–H groups in total. The van der Waals surface area contributed by atoms with Gasteiger partial charge in [-0.15, -0.1) is 0 Å². The van der Waals surface area contributed by atoms with Gasteiger partial charge in [-0.25, -0.2) is 0 Å². The minimum absolute atomic E-state index is 0.567. The number of fused-ring (bicyclic) bond motifs is 5. The second kappa shape index (κ2) is 9.00. The summed E-state index contributed by atoms with van der Waals surface area (Å²) in [7, 11) is 0. The number of thiocyanates is 1. The smallest absolute Gasteiger partial charge is 0.133 e. The number of hydrogen-bond acceptors (Lipinski definition) is 2. The predicted octanol–water partition coefficient (Wildman–Crippen LogP) is 8.69. The van der Waals surface area contributed by atoms with Crippen LogP contribution in [0.3, 0.4) is 0 Å². The van der Waals surface area contributed by atoms with Crippen molar-refractivity contribution in [3.8, 4) is 5.40 Å². The summed E-state index contributed by atoms with van der Waals surface area (Å²) in [6, 6.07) is 0. The summed E-state index contributed by atoms with van der Waals surface area (Å²) in [5.74, 6) is 6.60. The highest BCUT2D eigenvalue weighted by Gasteiger charge is 2.60. The molecule has 4 rings (SSSR count). The number of thioether (sulfide) groups is 1. The van der Waals surface area contributed by atoms with Crippen LogP contribution in [0.25, 0.3) is 0 Å². The number of nitrogens with zero attached hydrogens (tertiary/aromatic N) is 1. The van der Waals surface area contributed by atoms with Crippen LogP contribution in [-0.4, -0.2) is 5.25 Å². The van der Waals surface area contributed by atoms with Crippen LogP contribution in [0.15, 0.2) is 0 Å². The molecule has 4 aliphatic rings. The molecule has 0 spiro atoms. The SMILES string of the molecule is CC(C)CCC[C@@H](C)[C@H]1CC[C@H]2[C@@H]3CCC4CC(SC#N)CC[C@]4(C)[C@H]3CC[C@]12C. The fraction of sp³-hybridized carbons (Fsp3) is 0.964. The van der Waals surface area contributed by atoms with Crippen molar-refractivity contribution in [1.29, 1.82) is 5.26 Å². The first-order valence-electron chi connectivity index (χ1n) is 13.3. The Morgan fingerprint density at radius 1 is 0.900 bits per heavy atom. The van der Waals surface area contributed by atoms with Crippen LogP contribution in [0.2, 0.25) is 0 Å². The first kappa shape index (κ1) is 23.0. The van der Waals surface area contributed by atoms with Gasteiger partial charge in [-0.1, -0.05) is 53.9 Å². The van der Waals surface area contributed by atoms with Crippen LogP contribution in [-0.2, 0) is 0 Å². The normalized spacial score (nSPS) is 46.6. The lowest BCUT2D eigenvalue weighted by molar-refractivity contribution is -0.113. The number of rotatable bonds is 6. The van der Waals surface area contributed by atoms with Gasteiger partial charge in [-0.05, 0) is 122 Å². The summed E-state index contributed by atoms with van der Waals surface area (Å²) in [6.45, 7) is 12.7. The van der Waals surface area contributed by atoms with E-state index in [1.165, 1.54) is 77.0 Å². The van der Waals surface area contributed by atoms with Crippen molar-refractivity contribution in [1.82, 2.24) is 0 Å². The molecular weight excluding hydrogens is 382 g/mol. The molecule has 0 amide bonds. The monoisotopic (exact) mass is 429 g/mol. The average Bonchev–Trinajstić information content (AvgIpc) is 3.05. The first-order chi connectivity index (χ1) is 14.3. The van der Waals surface area contributed by atoms with Crippen LogP contribution >= 0.6 is 11.8 Å². The topological polar surface area (TPSA) is 23.8 Å². The van der Waals surface area contributed by atoms with Gasteiger partial charge in [-0.3, -0.25) is 0 Å². The van der Waals surface area contributed by atoms with Crippen LogP contribution in [0.5, 0.6) is 0 Å². The second-order valence-electron chi connectivity index (χ2n) is 12.8. The largest absolute Gasteiger partial charge is 0.185 e. The average molecular weight is 430 g/mol. The molecule has 0 heterocycles. The van der Waals surface area contributed by atoms with Crippen LogP contribution in [0.1, 0.15) is 112 Å². The van der Waals surface area contributed by atoms with Crippen LogP contribution in [0, 0.1) is 62.9 Å². The third kappa shape index (κ3) is 4.00. The van der Waals surface area contributed by atoms with Gasteiger partial charge < -0.3 is 0 Å². The van der Waals surface area contributed by atoms with Gasteiger partial charge in [-0.2, -0.15) is 5.26 Å². The third-order valence-electron chi connectivity index (χ3n) is 11.0. The second-order valence-corrected chi connectivity index (χ2v) is 13.9. The van der Waals surface area contributed by atoms with Gasteiger partial charge in [0.1, 0.15) is 5.40 Å². The molecule has 0 aromatic rings.